The summed E-state index contributed by atoms with van der Waals surface area (Å²) in [6.45, 7) is 10.7. The predicted octanol–water partition coefficient (Wildman–Crippen LogP) is 5.51. The average Bonchev–Trinajstić information content (AvgIpc) is 2.68. The molecule has 0 saturated heterocycles. The second-order valence-corrected chi connectivity index (χ2v) is 9.58. The van der Waals surface area contributed by atoms with Crippen LogP contribution in [0, 0.1) is 18.3 Å². The van der Waals surface area contributed by atoms with E-state index in [1.807, 2.05) is 19.1 Å². The summed E-state index contributed by atoms with van der Waals surface area (Å²) in [7, 11) is -3.81. The van der Waals surface area contributed by atoms with E-state index in [0.717, 1.165) is 36.9 Å². The van der Waals surface area contributed by atoms with Gasteiger partial charge in [0.15, 0.2) is 4.91 Å². The molecule has 28 heavy (non-hydrogen) atoms. The highest BCUT2D eigenvalue weighted by molar-refractivity contribution is 7.95. The lowest BCUT2D eigenvalue weighted by molar-refractivity contribution is 0.187. The molecule has 0 aliphatic heterocycles. The van der Waals surface area contributed by atoms with E-state index in [1.165, 1.54) is 0 Å². The molecular weight excluding hydrogens is 368 g/mol. The minimum atomic E-state index is -3.81. The molecule has 2 atom stereocenters. The van der Waals surface area contributed by atoms with Gasteiger partial charge in [0.2, 0.25) is 9.84 Å². The van der Waals surface area contributed by atoms with E-state index in [1.54, 1.807) is 24.3 Å². The normalized spacial score (nSPS) is 18.6. The standard InChI is InChI=1S/C23H32N2O2S/c1-6-18(4)25(19(5)7-2)21-10-8-9-20(15-21)23(16-24)28(26,27)22-13-11-17(3)12-14-22/h11-15,18-19H,6-10H2,1-5H3. The zero-order valence-corrected chi connectivity index (χ0v) is 18.5. The molecular formula is C23H32N2O2S. The molecule has 0 bridgehead atoms. The summed E-state index contributed by atoms with van der Waals surface area (Å²) >= 11 is 0. The number of nitriles is 1. The molecule has 4 nitrogen and oxygen atoms in total. The first kappa shape index (κ1) is 22.2. The molecule has 1 aromatic rings. The van der Waals surface area contributed by atoms with Crippen LogP contribution in [0.25, 0.3) is 0 Å². The van der Waals surface area contributed by atoms with E-state index in [-0.39, 0.29) is 9.80 Å². The van der Waals surface area contributed by atoms with Crippen LogP contribution in [-0.2, 0) is 9.84 Å². The molecule has 0 amide bonds. The number of allylic oxidation sites excluding steroid dienone is 4. The quantitative estimate of drug-likeness (QED) is 0.566. The summed E-state index contributed by atoms with van der Waals surface area (Å²) in [6, 6.07) is 9.45. The minimum absolute atomic E-state index is 0.109. The van der Waals surface area contributed by atoms with Gasteiger partial charge in [0.1, 0.15) is 6.07 Å². The zero-order chi connectivity index (χ0) is 20.9. The lowest BCUT2D eigenvalue weighted by Gasteiger charge is -2.39. The second kappa shape index (κ2) is 9.43. The first-order chi connectivity index (χ1) is 13.3. The summed E-state index contributed by atoms with van der Waals surface area (Å²) in [5.41, 5.74) is 2.78. The molecule has 5 heteroatoms. The van der Waals surface area contributed by atoms with Gasteiger partial charge in [-0.1, -0.05) is 31.5 Å². The lowest BCUT2D eigenvalue weighted by atomic mass is 9.95. The monoisotopic (exact) mass is 400 g/mol. The Morgan fingerprint density at radius 2 is 1.68 bits per heavy atom. The highest BCUT2D eigenvalue weighted by Gasteiger charge is 2.28. The Morgan fingerprint density at radius 3 is 2.18 bits per heavy atom. The topological polar surface area (TPSA) is 61.2 Å². The summed E-state index contributed by atoms with van der Waals surface area (Å²) in [5, 5.41) is 9.74. The van der Waals surface area contributed by atoms with Crippen molar-refractivity contribution in [1.29, 1.82) is 5.26 Å². The van der Waals surface area contributed by atoms with Crippen LogP contribution >= 0.6 is 0 Å². The third-order valence-electron chi connectivity index (χ3n) is 5.68. The molecule has 0 radical (unpaired) electrons. The van der Waals surface area contributed by atoms with Gasteiger partial charge >= 0.3 is 0 Å². The number of hydrogen-bond donors (Lipinski definition) is 0. The molecule has 0 saturated carbocycles. The van der Waals surface area contributed by atoms with Gasteiger partial charge in [-0.05, 0) is 76.7 Å². The molecule has 152 valence electrons. The van der Waals surface area contributed by atoms with Gasteiger partial charge in [0.05, 0.1) is 4.90 Å². The van der Waals surface area contributed by atoms with Crippen molar-refractivity contribution in [2.24, 2.45) is 0 Å². The van der Waals surface area contributed by atoms with Crippen molar-refractivity contribution in [3.05, 3.63) is 52.1 Å². The van der Waals surface area contributed by atoms with Crippen LogP contribution in [0.2, 0.25) is 0 Å². The number of sulfone groups is 1. The molecule has 0 heterocycles. The maximum absolute atomic E-state index is 13.1. The molecule has 0 N–H and O–H groups in total. The lowest BCUT2D eigenvalue weighted by Crippen LogP contribution is -2.39. The third-order valence-corrected chi connectivity index (χ3v) is 7.46. The molecule has 1 aromatic carbocycles. The molecule has 2 unspecified atom stereocenters. The van der Waals surface area contributed by atoms with E-state index >= 15 is 0 Å². The zero-order valence-electron chi connectivity index (χ0n) is 17.7. The van der Waals surface area contributed by atoms with Crippen molar-refractivity contribution >= 4 is 9.84 Å². The predicted molar refractivity (Wildman–Crippen MR) is 114 cm³/mol. The Hall–Kier alpha value is -2.06. The van der Waals surface area contributed by atoms with Crippen LogP contribution in [0.3, 0.4) is 0 Å². The van der Waals surface area contributed by atoms with E-state index in [4.69, 9.17) is 0 Å². The first-order valence-corrected chi connectivity index (χ1v) is 11.7. The van der Waals surface area contributed by atoms with Gasteiger partial charge < -0.3 is 4.90 Å². The smallest absolute Gasteiger partial charge is 0.216 e. The molecule has 1 aliphatic carbocycles. The van der Waals surface area contributed by atoms with Crippen molar-refractivity contribution in [1.82, 2.24) is 4.90 Å². The largest absolute Gasteiger partial charge is 0.369 e. The maximum atomic E-state index is 13.1. The van der Waals surface area contributed by atoms with Crippen molar-refractivity contribution < 1.29 is 8.42 Å². The average molecular weight is 401 g/mol. The summed E-state index contributed by atoms with van der Waals surface area (Å²) in [5.74, 6) is 0. The van der Waals surface area contributed by atoms with E-state index < -0.39 is 9.84 Å². The third kappa shape index (κ3) is 4.67. The van der Waals surface area contributed by atoms with E-state index in [2.05, 4.69) is 32.6 Å². The Balaban J connectivity index is 2.55. The van der Waals surface area contributed by atoms with E-state index in [9.17, 15) is 13.7 Å². The van der Waals surface area contributed by atoms with Crippen LogP contribution in [0.1, 0.15) is 65.4 Å². The molecule has 0 aromatic heterocycles. The van der Waals surface area contributed by atoms with Gasteiger partial charge in [-0.15, -0.1) is 0 Å². The van der Waals surface area contributed by atoms with Crippen LogP contribution in [0.4, 0.5) is 0 Å². The number of rotatable bonds is 7. The molecule has 0 spiro atoms. The highest BCUT2D eigenvalue weighted by Crippen LogP contribution is 2.33. The van der Waals surface area contributed by atoms with E-state index in [0.29, 0.717) is 24.1 Å². The number of hydrogen-bond acceptors (Lipinski definition) is 4. The SMILES string of the molecule is CCC(C)N(C1=CC(=C(C#N)S(=O)(=O)c2ccc(C)cc2)CCC1)C(C)CC. The fourth-order valence-electron chi connectivity index (χ4n) is 3.72. The van der Waals surface area contributed by atoms with Crippen LogP contribution in [-0.4, -0.2) is 25.4 Å². The maximum Gasteiger partial charge on any atom is 0.216 e. The van der Waals surface area contributed by atoms with Crippen molar-refractivity contribution in [3.8, 4) is 6.07 Å². The Labute approximate surface area is 170 Å². The van der Waals surface area contributed by atoms with Crippen molar-refractivity contribution in [2.75, 3.05) is 0 Å². The van der Waals surface area contributed by atoms with Gasteiger partial charge in [0, 0.05) is 17.8 Å². The van der Waals surface area contributed by atoms with Crippen LogP contribution in [0.15, 0.2) is 51.4 Å². The van der Waals surface area contributed by atoms with Gasteiger partial charge in [-0.3, -0.25) is 0 Å². The number of benzene rings is 1. The molecule has 1 aliphatic rings. The molecule has 0 fully saturated rings. The highest BCUT2D eigenvalue weighted by atomic mass is 32.2. The van der Waals surface area contributed by atoms with Gasteiger partial charge in [0.25, 0.3) is 0 Å². The van der Waals surface area contributed by atoms with Crippen molar-refractivity contribution in [2.45, 2.75) is 83.7 Å². The van der Waals surface area contributed by atoms with Crippen LogP contribution < -0.4 is 0 Å². The van der Waals surface area contributed by atoms with Gasteiger partial charge in [-0.25, -0.2) is 8.42 Å². The number of aryl methyl sites for hydroxylation is 1. The summed E-state index contributed by atoms with van der Waals surface area (Å²) in [4.78, 5) is 2.48. The Bertz CT molecular complexity index is 880. The summed E-state index contributed by atoms with van der Waals surface area (Å²) < 4.78 is 26.2. The molecule has 2 rings (SSSR count). The Kier molecular flexibility index (Phi) is 7.48. The summed E-state index contributed by atoms with van der Waals surface area (Å²) in [6.07, 6.45) is 6.40. The Morgan fingerprint density at radius 1 is 1.11 bits per heavy atom. The number of nitrogens with zero attached hydrogens (tertiary/aromatic N) is 2. The first-order valence-electron chi connectivity index (χ1n) is 10.2. The fraction of sp³-hybridized carbons (Fsp3) is 0.522. The van der Waals surface area contributed by atoms with Gasteiger partial charge in [-0.2, -0.15) is 5.26 Å². The second-order valence-electron chi connectivity index (χ2n) is 7.69. The van der Waals surface area contributed by atoms with Crippen LogP contribution in [0.5, 0.6) is 0 Å². The fourth-order valence-corrected chi connectivity index (χ4v) is 5.08. The minimum Gasteiger partial charge on any atom is -0.369 e. The van der Waals surface area contributed by atoms with Crippen molar-refractivity contribution in [3.63, 3.8) is 0 Å².